The third-order valence-electron chi connectivity index (χ3n) is 6.31. The van der Waals surface area contributed by atoms with E-state index in [1.165, 1.54) is 4.90 Å². The number of hydrogen-bond donors (Lipinski definition) is 3. The lowest BCUT2D eigenvalue weighted by Crippen LogP contribution is -2.54. The number of nitrogens with zero attached hydrogens (tertiary/aromatic N) is 1. The Hall–Kier alpha value is -3.39. The second-order valence-electron chi connectivity index (χ2n) is 11.2. The fourth-order valence-electron chi connectivity index (χ4n) is 4.58. The summed E-state index contributed by atoms with van der Waals surface area (Å²) in [4.78, 5) is 42.0. The molecule has 2 rings (SSSR count). The maximum atomic E-state index is 14.1. The summed E-state index contributed by atoms with van der Waals surface area (Å²) >= 11 is 0. The average Bonchev–Trinajstić information content (AvgIpc) is 2.82. The van der Waals surface area contributed by atoms with Crippen LogP contribution in [0.15, 0.2) is 36.4 Å². The van der Waals surface area contributed by atoms with Gasteiger partial charge in [0, 0.05) is 12.2 Å². The molecule has 0 aliphatic heterocycles. The molecule has 2 aromatic carbocycles. The summed E-state index contributed by atoms with van der Waals surface area (Å²) in [6, 6.07) is 9.32. The molecule has 0 saturated carbocycles. The van der Waals surface area contributed by atoms with Crippen molar-refractivity contribution in [3.05, 3.63) is 64.2 Å². The normalized spacial score (nSPS) is 12.8. The third kappa shape index (κ3) is 9.39. The number of carbonyl (C=O) groups is 3. The van der Waals surface area contributed by atoms with Gasteiger partial charge in [-0.05, 0) is 71.6 Å². The molecule has 8 heteroatoms. The van der Waals surface area contributed by atoms with Gasteiger partial charge in [0.05, 0.1) is 6.61 Å². The molecular formula is C31H45N3O5. The number of ether oxygens (including phenoxy) is 1. The lowest BCUT2D eigenvalue weighted by atomic mass is 9.97. The van der Waals surface area contributed by atoms with Crippen LogP contribution >= 0.6 is 0 Å². The molecule has 0 aliphatic rings. The number of carbonyl (C=O) groups excluding carboxylic acids is 3. The standard InChI is InChI=1S/C31H45N3O5/c1-9-10-11-15-34(29(37)25(19-35)32-30(38)39-31(6,7)8)27(24-17-20(2)16-21(3)18-24)28(36)33-26-22(4)13-12-14-23(26)5/h12-14,16-18,25,27,35H,9-11,15,19H2,1-8H3,(H,32,38)(H,33,36). The van der Waals surface area contributed by atoms with E-state index in [0.717, 1.165) is 35.1 Å². The summed E-state index contributed by atoms with van der Waals surface area (Å²) < 4.78 is 5.32. The van der Waals surface area contributed by atoms with E-state index in [2.05, 4.69) is 17.6 Å². The number of para-hydroxylation sites is 1. The van der Waals surface area contributed by atoms with E-state index in [0.29, 0.717) is 17.7 Å². The van der Waals surface area contributed by atoms with Gasteiger partial charge in [0.25, 0.3) is 5.91 Å². The molecule has 0 spiro atoms. The summed E-state index contributed by atoms with van der Waals surface area (Å²) in [7, 11) is 0. The van der Waals surface area contributed by atoms with E-state index in [1.54, 1.807) is 20.8 Å². The molecule has 0 heterocycles. The van der Waals surface area contributed by atoms with Crippen LogP contribution in [0.1, 0.15) is 80.8 Å². The van der Waals surface area contributed by atoms with Crippen molar-refractivity contribution in [3.63, 3.8) is 0 Å². The van der Waals surface area contributed by atoms with E-state index >= 15 is 0 Å². The minimum absolute atomic E-state index is 0.275. The van der Waals surface area contributed by atoms with Crippen LogP contribution in [-0.4, -0.2) is 52.7 Å². The molecule has 0 bridgehead atoms. The van der Waals surface area contributed by atoms with Crippen LogP contribution in [-0.2, 0) is 14.3 Å². The Balaban J connectivity index is 2.57. The van der Waals surface area contributed by atoms with Crippen LogP contribution < -0.4 is 10.6 Å². The lowest BCUT2D eigenvalue weighted by Gasteiger charge is -2.34. The topological polar surface area (TPSA) is 108 Å². The van der Waals surface area contributed by atoms with E-state index in [1.807, 2.05) is 64.1 Å². The van der Waals surface area contributed by atoms with Gasteiger partial charge in [-0.2, -0.15) is 0 Å². The van der Waals surface area contributed by atoms with Gasteiger partial charge in [0.1, 0.15) is 17.7 Å². The third-order valence-corrected chi connectivity index (χ3v) is 6.31. The van der Waals surface area contributed by atoms with E-state index in [4.69, 9.17) is 4.74 Å². The molecule has 0 aromatic heterocycles. The first kappa shape index (κ1) is 31.8. The van der Waals surface area contributed by atoms with Crippen LogP contribution in [0.3, 0.4) is 0 Å². The molecule has 0 aliphatic carbocycles. The number of rotatable bonds is 11. The Labute approximate surface area is 233 Å². The average molecular weight is 540 g/mol. The number of aliphatic hydroxyl groups excluding tert-OH is 1. The van der Waals surface area contributed by atoms with Crippen LogP contribution in [0.25, 0.3) is 0 Å². The number of benzene rings is 2. The minimum atomic E-state index is -1.28. The van der Waals surface area contributed by atoms with Gasteiger partial charge in [-0.25, -0.2) is 4.79 Å². The van der Waals surface area contributed by atoms with Crippen molar-refractivity contribution in [3.8, 4) is 0 Å². The minimum Gasteiger partial charge on any atom is -0.444 e. The SMILES string of the molecule is CCCCCN(C(=O)C(CO)NC(=O)OC(C)(C)C)C(C(=O)Nc1c(C)cccc1C)c1cc(C)cc(C)c1. The fraction of sp³-hybridized carbons (Fsp3) is 0.516. The van der Waals surface area contributed by atoms with Crippen LogP contribution in [0.4, 0.5) is 10.5 Å². The number of amides is 3. The van der Waals surface area contributed by atoms with Gasteiger partial charge >= 0.3 is 6.09 Å². The number of unbranched alkanes of at least 4 members (excludes halogenated alkanes) is 2. The summed E-state index contributed by atoms with van der Waals surface area (Å²) in [6.45, 7) is 14.6. The van der Waals surface area contributed by atoms with Crippen LogP contribution in [0.5, 0.6) is 0 Å². The Kier molecular flexibility index (Phi) is 11.5. The van der Waals surface area contributed by atoms with Crippen molar-refractivity contribution in [2.45, 2.75) is 92.3 Å². The van der Waals surface area contributed by atoms with Gasteiger partial charge < -0.3 is 25.4 Å². The molecule has 0 radical (unpaired) electrons. The van der Waals surface area contributed by atoms with Crippen molar-refractivity contribution in [1.29, 1.82) is 0 Å². The van der Waals surface area contributed by atoms with Gasteiger partial charge in [-0.15, -0.1) is 0 Å². The molecule has 3 N–H and O–H groups in total. The Bertz CT molecular complexity index is 1110. The highest BCUT2D eigenvalue weighted by atomic mass is 16.6. The molecule has 39 heavy (non-hydrogen) atoms. The zero-order chi connectivity index (χ0) is 29.3. The predicted molar refractivity (Wildman–Crippen MR) is 155 cm³/mol. The molecule has 2 unspecified atom stereocenters. The molecule has 3 amide bonds. The van der Waals surface area contributed by atoms with Crippen molar-refractivity contribution in [2.75, 3.05) is 18.5 Å². The maximum absolute atomic E-state index is 14.1. The van der Waals surface area contributed by atoms with Crippen molar-refractivity contribution >= 4 is 23.6 Å². The first-order valence-corrected chi connectivity index (χ1v) is 13.6. The zero-order valence-corrected chi connectivity index (χ0v) is 24.7. The van der Waals surface area contributed by atoms with Crippen LogP contribution in [0.2, 0.25) is 0 Å². The quantitative estimate of drug-likeness (QED) is 0.327. The number of alkyl carbamates (subject to hydrolysis) is 1. The number of nitrogens with one attached hydrogen (secondary N) is 2. The number of hydrogen-bond acceptors (Lipinski definition) is 5. The molecule has 0 fully saturated rings. The molecule has 2 atom stereocenters. The van der Waals surface area contributed by atoms with Crippen molar-refractivity contribution < 1.29 is 24.2 Å². The first-order chi connectivity index (χ1) is 18.3. The second kappa shape index (κ2) is 14.1. The first-order valence-electron chi connectivity index (χ1n) is 13.6. The van der Waals surface area contributed by atoms with Crippen molar-refractivity contribution in [1.82, 2.24) is 10.2 Å². The summed E-state index contributed by atoms with van der Waals surface area (Å²) in [5.74, 6) is -0.920. The van der Waals surface area contributed by atoms with Gasteiger partial charge in [0.2, 0.25) is 5.91 Å². The van der Waals surface area contributed by atoms with Gasteiger partial charge in [0.15, 0.2) is 0 Å². The summed E-state index contributed by atoms with van der Waals surface area (Å²) in [6.07, 6.45) is 1.62. The highest BCUT2D eigenvalue weighted by molar-refractivity contribution is 6.00. The second-order valence-corrected chi connectivity index (χ2v) is 11.2. The molecular weight excluding hydrogens is 494 g/mol. The molecule has 2 aromatic rings. The fourth-order valence-corrected chi connectivity index (χ4v) is 4.58. The summed E-state index contributed by atoms with van der Waals surface area (Å²) in [5, 5.41) is 15.7. The Morgan fingerprint density at radius 3 is 2.08 bits per heavy atom. The monoisotopic (exact) mass is 539 g/mol. The Morgan fingerprint density at radius 2 is 1.56 bits per heavy atom. The molecule has 214 valence electrons. The van der Waals surface area contributed by atoms with Gasteiger partial charge in [-0.1, -0.05) is 67.3 Å². The van der Waals surface area contributed by atoms with Gasteiger partial charge in [-0.3, -0.25) is 9.59 Å². The molecule has 0 saturated heterocycles. The smallest absolute Gasteiger partial charge is 0.408 e. The number of anilines is 1. The zero-order valence-electron chi connectivity index (χ0n) is 24.7. The highest BCUT2D eigenvalue weighted by Gasteiger charge is 2.36. The number of aryl methyl sites for hydroxylation is 4. The lowest BCUT2D eigenvalue weighted by molar-refractivity contribution is -0.141. The number of aliphatic hydroxyl groups is 1. The maximum Gasteiger partial charge on any atom is 0.408 e. The van der Waals surface area contributed by atoms with E-state index < -0.39 is 36.3 Å². The summed E-state index contributed by atoms with van der Waals surface area (Å²) in [5.41, 5.74) is 4.32. The predicted octanol–water partition coefficient (Wildman–Crippen LogP) is 5.50. The largest absolute Gasteiger partial charge is 0.444 e. The molecule has 8 nitrogen and oxygen atoms in total. The van der Waals surface area contributed by atoms with Crippen molar-refractivity contribution in [2.24, 2.45) is 0 Å². The Morgan fingerprint density at radius 1 is 0.974 bits per heavy atom. The van der Waals surface area contributed by atoms with E-state index in [9.17, 15) is 19.5 Å². The highest BCUT2D eigenvalue weighted by Crippen LogP contribution is 2.28. The van der Waals surface area contributed by atoms with Crippen LogP contribution in [0, 0.1) is 27.7 Å². The van der Waals surface area contributed by atoms with E-state index in [-0.39, 0.29) is 12.5 Å².